The number of aromatic amines is 1. The summed E-state index contributed by atoms with van der Waals surface area (Å²) in [7, 11) is 1.54. The molecule has 22 heavy (non-hydrogen) atoms. The number of carboxylic acid groups (broad SMARTS) is 1. The molecule has 7 nitrogen and oxygen atoms in total. The summed E-state index contributed by atoms with van der Waals surface area (Å²) in [6.45, 7) is 1.67. The zero-order valence-corrected chi connectivity index (χ0v) is 12.6. The molecule has 3 rings (SSSR count). The first kappa shape index (κ1) is 14.2. The zero-order chi connectivity index (χ0) is 15.9. The van der Waals surface area contributed by atoms with Gasteiger partial charge >= 0.3 is 5.97 Å². The van der Waals surface area contributed by atoms with Crippen LogP contribution in [0.4, 0.5) is 0 Å². The van der Waals surface area contributed by atoms with E-state index in [9.17, 15) is 9.59 Å². The lowest BCUT2D eigenvalue weighted by Crippen LogP contribution is -2.18. The summed E-state index contributed by atoms with van der Waals surface area (Å²) in [5, 5.41) is 19.8. The van der Waals surface area contributed by atoms with Crippen LogP contribution in [0, 0.1) is 6.92 Å². The van der Waals surface area contributed by atoms with Crippen molar-refractivity contribution in [3.63, 3.8) is 0 Å². The van der Waals surface area contributed by atoms with Gasteiger partial charge in [-0.25, -0.2) is 9.78 Å². The number of rotatable bonds is 3. The maximum atomic E-state index is 11.7. The van der Waals surface area contributed by atoms with E-state index in [0.29, 0.717) is 27.3 Å². The van der Waals surface area contributed by atoms with Crippen molar-refractivity contribution < 1.29 is 14.7 Å². The highest BCUT2D eigenvalue weighted by atomic mass is 32.1. The number of aryl methyl sites for hydroxylation is 1. The van der Waals surface area contributed by atoms with Crippen molar-refractivity contribution in [3.8, 4) is 10.6 Å². The van der Waals surface area contributed by atoms with Crippen LogP contribution in [-0.2, 0) is 0 Å². The van der Waals surface area contributed by atoms with Gasteiger partial charge in [0.1, 0.15) is 9.88 Å². The summed E-state index contributed by atoms with van der Waals surface area (Å²) in [5.74, 6) is -1.25. The van der Waals surface area contributed by atoms with E-state index >= 15 is 0 Å². The molecule has 0 spiro atoms. The lowest BCUT2D eigenvalue weighted by atomic mass is 10.1. The normalized spacial score (nSPS) is 10.8. The fourth-order valence-corrected chi connectivity index (χ4v) is 3.06. The number of carbonyl (C=O) groups is 2. The second-order valence-corrected chi connectivity index (χ2v) is 5.65. The minimum atomic E-state index is -0.981. The molecule has 0 aliphatic carbocycles. The molecule has 0 aliphatic heterocycles. The molecule has 0 saturated carbocycles. The number of aromatic nitrogens is 3. The topological polar surface area (TPSA) is 108 Å². The third-order valence-corrected chi connectivity index (χ3v) is 4.44. The maximum Gasteiger partial charge on any atom is 0.347 e. The third kappa shape index (κ3) is 2.23. The van der Waals surface area contributed by atoms with E-state index in [1.807, 2.05) is 0 Å². The first-order valence-electron chi connectivity index (χ1n) is 6.42. The Morgan fingerprint density at radius 2 is 2.14 bits per heavy atom. The van der Waals surface area contributed by atoms with Gasteiger partial charge in [0.2, 0.25) is 0 Å². The molecule has 2 heterocycles. The summed E-state index contributed by atoms with van der Waals surface area (Å²) < 4.78 is 0. The van der Waals surface area contributed by atoms with Crippen LogP contribution in [0.3, 0.4) is 0 Å². The van der Waals surface area contributed by atoms with E-state index in [-0.39, 0.29) is 10.8 Å². The lowest BCUT2D eigenvalue weighted by molar-refractivity contribution is 0.0701. The molecule has 3 N–H and O–H groups in total. The van der Waals surface area contributed by atoms with Crippen LogP contribution in [0.1, 0.15) is 25.9 Å². The lowest BCUT2D eigenvalue weighted by Gasteiger charge is -1.98. The van der Waals surface area contributed by atoms with E-state index in [1.54, 1.807) is 32.2 Å². The largest absolute Gasteiger partial charge is 0.477 e. The molecule has 8 heteroatoms. The molecular weight excluding hydrogens is 304 g/mol. The van der Waals surface area contributed by atoms with E-state index < -0.39 is 5.97 Å². The average Bonchev–Trinajstić information content (AvgIpc) is 3.09. The van der Waals surface area contributed by atoms with Gasteiger partial charge in [0, 0.05) is 18.0 Å². The number of hydrogen-bond acceptors (Lipinski definition) is 5. The van der Waals surface area contributed by atoms with Crippen molar-refractivity contribution in [3.05, 3.63) is 34.5 Å². The Balaban J connectivity index is 2.08. The molecule has 0 saturated heterocycles. The summed E-state index contributed by atoms with van der Waals surface area (Å²) in [5.41, 5.74) is 2.29. The van der Waals surface area contributed by atoms with Gasteiger partial charge in [0.05, 0.1) is 11.2 Å². The predicted octanol–water partition coefficient (Wildman–Crippen LogP) is 2.05. The standard InChI is InChI=1S/C14H12N4O3S/c1-6-11(14(20)21)22-13(16-6)7-3-4-8-9(5-7)17-18-10(8)12(19)15-2/h3-5H,1-2H3,(H,15,19)(H,17,18)(H,20,21). The summed E-state index contributed by atoms with van der Waals surface area (Å²) in [4.78, 5) is 27.3. The zero-order valence-electron chi connectivity index (χ0n) is 11.8. The molecule has 3 aromatic rings. The Labute approximate surface area is 129 Å². The number of hydrogen-bond donors (Lipinski definition) is 3. The van der Waals surface area contributed by atoms with Crippen molar-refractivity contribution in [2.24, 2.45) is 0 Å². The number of aromatic carboxylic acids is 1. The van der Waals surface area contributed by atoms with Gasteiger partial charge < -0.3 is 10.4 Å². The summed E-state index contributed by atoms with van der Waals surface area (Å²) in [6.07, 6.45) is 0. The Kier molecular flexibility index (Phi) is 3.38. The first-order valence-corrected chi connectivity index (χ1v) is 7.24. The van der Waals surface area contributed by atoms with E-state index in [2.05, 4.69) is 20.5 Å². The smallest absolute Gasteiger partial charge is 0.347 e. The van der Waals surface area contributed by atoms with Crippen molar-refractivity contribution in [2.45, 2.75) is 6.92 Å². The van der Waals surface area contributed by atoms with Gasteiger partial charge in [-0.05, 0) is 19.1 Å². The van der Waals surface area contributed by atoms with Crippen LogP contribution in [0.2, 0.25) is 0 Å². The molecule has 0 radical (unpaired) electrons. The summed E-state index contributed by atoms with van der Waals surface area (Å²) in [6, 6.07) is 5.38. The van der Waals surface area contributed by atoms with Crippen LogP contribution < -0.4 is 5.32 Å². The average molecular weight is 316 g/mol. The van der Waals surface area contributed by atoms with Crippen molar-refractivity contribution in [1.82, 2.24) is 20.5 Å². The van der Waals surface area contributed by atoms with Gasteiger partial charge in [0.15, 0.2) is 5.69 Å². The second kappa shape index (κ2) is 5.23. The third-order valence-electron chi connectivity index (χ3n) is 3.24. The number of H-pyrrole nitrogens is 1. The number of thiazole rings is 1. The van der Waals surface area contributed by atoms with Gasteiger partial charge in [-0.15, -0.1) is 11.3 Å². The molecule has 0 unspecified atom stereocenters. The molecule has 2 aromatic heterocycles. The summed E-state index contributed by atoms with van der Waals surface area (Å²) >= 11 is 1.12. The second-order valence-electron chi connectivity index (χ2n) is 4.65. The van der Waals surface area contributed by atoms with Gasteiger partial charge in [-0.1, -0.05) is 6.07 Å². The van der Waals surface area contributed by atoms with Crippen LogP contribution in [0.25, 0.3) is 21.5 Å². The number of carbonyl (C=O) groups excluding carboxylic acids is 1. The number of benzene rings is 1. The molecule has 0 fully saturated rings. The molecule has 0 bridgehead atoms. The number of nitrogens with one attached hydrogen (secondary N) is 2. The first-order chi connectivity index (χ1) is 10.5. The molecular formula is C14H12N4O3S. The number of fused-ring (bicyclic) bond motifs is 1. The molecule has 1 aromatic carbocycles. The van der Waals surface area contributed by atoms with E-state index in [0.717, 1.165) is 16.9 Å². The fraction of sp³-hybridized carbons (Fsp3) is 0.143. The van der Waals surface area contributed by atoms with Gasteiger partial charge in [-0.3, -0.25) is 9.89 Å². The molecule has 112 valence electrons. The quantitative estimate of drug-likeness (QED) is 0.685. The van der Waals surface area contributed by atoms with Crippen LogP contribution >= 0.6 is 11.3 Å². The minimum Gasteiger partial charge on any atom is -0.477 e. The Morgan fingerprint density at radius 3 is 2.77 bits per heavy atom. The number of carboxylic acids is 1. The Bertz CT molecular complexity index is 897. The highest BCUT2D eigenvalue weighted by Gasteiger charge is 2.17. The molecule has 1 amide bonds. The Morgan fingerprint density at radius 1 is 1.36 bits per heavy atom. The highest BCUT2D eigenvalue weighted by Crippen LogP contribution is 2.30. The molecule has 0 aliphatic rings. The van der Waals surface area contributed by atoms with Crippen LogP contribution in [0.5, 0.6) is 0 Å². The SMILES string of the molecule is CNC(=O)c1n[nH]c2cc(-c3nc(C)c(C(=O)O)s3)ccc12. The minimum absolute atomic E-state index is 0.228. The maximum absolute atomic E-state index is 11.7. The monoisotopic (exact) mass is 316 g/mol. The van der Waals surface area contributed by atoms with Crippen molar-refractivity contribution >= 4 is 34.1 Å². The van der Waals surface area contributed by atoms with E-state index in [1.165, 1.54) is 0 Å². The van der Waals surface area contributed by atoms with Gasteiger partial charge in [-0.2, -0.15) is 5.10 Å². The van der Waals surface area contributed by atoms with Crippen molar-refractivity contribution in [1.29, 1.82) is 0 Å². The Hall–Kier alpha value is -2.74. The van der Waals surface area contributed by atoms with Crippen molar-refractivity contribution in [2.75, 3.05) is 7.05 Å². The number of nitrogens with zero attached hydrogens (tertiary/aromatic N) is 2. The van der Waals surface area contributed by atoms with Crippen LogP contribution in [-0.4, -0.2) is 39.2 Å². The fourth-order valence-electron chi connectivity index (χ4n) is 2.16. The van der Waals surface area contributed by atoms with Gasteiger partial charge in [0.25, 0.3) is 5.91 Å². The predicted molar refractivity (Wildman–Crippen MR) is 82.3 cm³/mol. The molecule has 0 atom stereocenters. The number of amides is 1. The van der Waals surface area contributed by atoms with Crippen LogP contribution in [0.15, 0.2) is 18.2 Å². The van der Waals surface area contributed by atoms with E-state index in [4.69, 9.17) is 5.11 Å². The highest BCUT2D eigenvalue weighted by molar-refractivity contribution is 7.17.